The highest BCUT2D eigenvalue weighted by molar-refractivity contribution is 5.80. The van der Waals surface area contributed by atoms with E-state index in [4.69, 9.17) is 9.47 Å². The molecule has 1 atom stereocenters. The van der Waals surface area contributed by atoms with E-state index >= 15 is 0 Å². The lowest BCUT2D eigenvalue weighted by Crippen LogP contribution is -2.44. The molecule has 162 valence electrons. The van der Waals surface area contributed by atoms with E-state index in [1.54, 1.807) is 32.9 Å². The van der Waals surface area contributed by atoms with Crippen molar-refractivity contribution in [1.29, 1.82) is 0 Å². The lowest BCUT2D eigenvalue weighted by molar-refractivity contribution is -0.139. The second-order valence-electron chi connectivity index (χ2n) is 7.51. The van der Waals surface area contributed by atoms with Crippen LogP contribution in [0.3, 0.4) is 0 Å². The summed E-state index contributed by atoms with van der Waals surface area (Å²) in [6.45, 7) is 4.97. The van der Waals surface area contributed by atoms with Gasteiger partial charge in [-0.25, -0.2) is 9.59 Å². The summed E-state index contributed by atoms with van der Waals surface area (Å²) in [7, 11) is 0. The van der Waals surface area contributed by atoms with Crippen molar-refractivity contribution in [3.8, 4) is 11.5 Å². The van der Waals surface area contributed by atoms with Crippen molar-refractivity contribution in [2.24, 2.45) is 0 Å². The molecule has 0 unspecified atom stereocenters. The predicted molar refractivity (Wildman–Crippen MR) is 102 cm³/mol. The first-order valence-corrected chi connectivity index (χ1v) is 9.00. The average molecular weight is 425 g/mol. The zero-order valence-corrected chi connectivity index (χ0v) is 16.6. The molecule has 0 heterocycles. The SMILES string of the molecule is CC(C)(C)OC(=O)N[C@H](Cc1ccc(Oc2cccc(C(F)(F)F)c2)cc1)C(=O)O. The zero-order chi connectivity index (χ0) is 22.5. The van der Waals surface area contributed by atoms with Gasteiger partial charge in [-0.2, -0.15) is 13.2 Å². The first-order valence-electron chi connectivity index (χ1n) is 9.00. The van der Waals surface area contributed by atoms with E-state index in [1.165, 1.54) is 24.3 Å². The van der Waals surface area contributed by atoms with E-state index < -0.39 is 35.4 Å². The Morgan fingerprint density at radius 1 is 1.03 bits per heavy atom. The Balaban J connectivity index is 2.04. The summed E-state index contributed by atoms with van der Waals surface area (Å²) in [5, 5.41) is 11.6. The number of nitrogens with one attached hydrogen (secondary N) is 1. The van der Waals surface area contributed by atoms with Gasteiger partial charge in [-0.05, 0) is 56.7 Å². The summed E-state index contributed by atoms with van der Waals surface area (Å²) in [5.41, 5.74) is -1.01. The molecule has 0 spiro atoms. The molecule has 2 aromatic rings. The van der Waals surface area contributed by atoms with Crippen molar-refractivity contribution in [2.45, 2.75) is 45.0 Å². The van der Waals surface area contributed by atoms with Crippen LogP contribution in [0.5, 0.6) is 11.5 Å². The van der Waals surface area contributed by atoms with Crippen molar-refractivity contribution in [2.75, 3.05) is 0 Å². The first-order chi connectivity index (χ1) is 13.8. The van der Waals surface area contributed by atoms with Gasteiger partial charge in [0.05, 0.1) is 5.56 Å². The highest BCUT2D eigenvalue weighted by atomic mass is 19.4. The number of rotatable bonds is 6. The molecule has 2 N–H and O–H groups in total. The second-order valence-corrected chi connectivity index (χ2v) is 7.51. The van der Waals surface area contributed by atoms with Crippen LogP contribution in [0.15, 0.2) is 48.5 Å². The van der Waals surface area contributed by atoms with E-state index in [0.29, 0.717) is 5.56 Å². The molecule has 0 aliphatic rings. The van der Waals surface area contributed by atoms with Crippen LogP contribution >= 0.6 is 0 Å². The molecule has 0 saturated carbocycles. The van der Waals surface area contributed by atoms with Gasteiger partial charge < -0.3 is 19.9 Å². The Morgan fingerprint density at radius 2 is 1.67 bits per heavy atom. The number of hydrogen-bond acceptors (Lipinski definition) is 4. The molecule has 0 aromatic heterocycles. The third-order valence-electron chi connectivity index (χ3n) is 3.75. The van der Waals surface area contributed by atoms with Crippen molar-refractivity contribution in [3.05, 3.63) is 59.7 Å². The highest BCUT2D eigenvalue weighted by Crippen LogP contribution is 2.32. The molecule has 6 nitrogen and oxygen atoms in total. The molecule has 0 saturated heterocycles. The van der Waals surface area contributed by atoms with Crippen molar-refractivity contribution < 1.29 is 37.3 Å². The van der Waals surface area contributed by atoms with Crippen LogP contribution in [-0.2, 0) is 22.1 Å². The van der Waals surface area contributed by atoms with Crippen molar-refractivity contribution >= 4 is 12.1 Å². The third kappa shape index (κ3) is 7.31. The van der Waals surface area contributed by atoms with E-state index in [1.807, 2.05) is 0 Å². The van der Waals surface area contributed by atoms with Crippen LogP contribution in [0.1, 0.15) is 31.9 Å². The topological polar surface area (TPSA) is 84.9 Å². The van der Waals surface area contributed by atoms with Gasteiger partial charge in [0.15, 0.2) is 0 Å². The number of carbonyl (C=O) groups excluding carboxylic acids is 1. The molecule has 0 radical (unpaired) electrons. The molecule has 0 bridgehead atoms. The molecule has 0 aliphatic carbocycles. The molecule has 2 aromatic carbocycles. The van der Waals surface area contributed by atoms with Gasteiger partial charge in [-0.3, -0.25) is 0 Å². The lowest BCUT2D eigenvalue weighted by Gasteiger charge is -2.22. The number of amides is 1. The van der Waals surface area contributed by atoms with Crippen molar-refractivity contribution in [3.63, 3.8) is 0 Å². The van der Waals surface area contributed by atoms with E-state index in [-0.39, 0.29) is 17.9 Å². The maximum Gasteiger partial charge on any atom is 0.416 e. The Kier molecular flexibility index (Phi) is 6.96. The number of carbonyl (C=O) groups is 2. The summed E-state index contributed by atoms with van der Waals surface area (Å²) in [6, 6.07) is 9.39. The quantitative estimate of drug-likeness (QED) is 0.679. The number of alkyl carbamates (subject to hydrolysis) is 1. The Morgan fingerprint density at radius 3 is 2.20 bits per heavy atom. The van der Waals surface area contributed by atoms with Gasteiger partial charge in [0.1, 0.15) is 23.1 Å². The summed E-state index contributed by atoms with van der Waals surface area (Å²) in [4.78, 5) is 23.3. The van der Waals surface area contributed by atoms with Crippen LogP contribution in [0.2, 0.25) is 0 Å². The maximum absolute atomic E-state index is 12.8. The number of halogens is 3. The van der Waals surface area contributed by atoms with E-state index in [0.717, 1.165) is 12.1 Å². The zero-order valence-electron chi connectivity index (χ0n) is 16.6. The molecular weight excluding hydrogens is 403 g/mol. The summed E-state index contributed by atoms with van der Waals surface area (Å²) in [6.07, 6.45) is -5.34. The molecule has 0 fully saturated rings. The summed E-state index contributed by atoms with van der Waals surface area (Å²) in [5.74, 6) is -0.928. The number of alkyl halides is 3. The smallest absolute Gasteiger partial charge is 0.416 e. The van der Waals surface area contributed by atoms with Gasteiger partial charge in [0.2, 0.25) is 0 Å². The molecule has 30 heavy (non-hydrogen) atoms. The fraction of sp³-hybridized carbons (Fsp3) is 0.333. The molecule has 9 heteroatoms. The van der Waals surface area contributed by atoms with Crippen LogP contribution < -0.4 is 10.1 Å². The van der Waals surface area contributed by atoms with Crippen molar-refractivity contribution in [1.82, 2.24) is 5.32 Å². The predicted octanol–water partition coefficient (Wildman–Crippen LogP) is 5.02. The van der Waals surface area contributed by atoms with Gasteiger partial charge in [-0.15, -0.1) is 0 Å². The molecule has 1 amide bonds. The van der Waals surface area contributed by atoms with Crippen LogP contribution in [0, 0.1) is 0 Å². The fourth-order valence-electron chi connectivity index (χ4n) is 2.45. The largest absolute Gasteiger partial charge is 0.480 e. The normalized spacial score (nSPS) is 12.7. The van der Waals surface area contributed by atoms with Gasteiger partial charge in [-0.1, -0.05) is 18.2 Å². The minimum atomic E-state index is -4.48. The molecule has 2 rings (SSSR count). The number of carboxylic acids is 1. The van der Waals surface area contributed by atoms with E-state index in [9.17, 15) is 27.9 Å². The number of benzene rings is 2. The number of aliphatic carboxylic acids is 1. The maximum atomic E-state index is 12.8. The Hall–Kier alpha value is -3.23. The standard InChI is InChI=1S/C21H22F3NO5/c1-20(2,3)30-19(28)25-17(18(26)27)11-13-7-9-15(10-8-13)29-16-6-4-5-14(12-16)21(22,23)24/h4-10,12,17H,11H2,1-3H3,(H,25,28)(H,26,27)/t17-/m1/s1. The number of carboxylic acid groups (broad SMARTS) is 1. The minimum Gasteiger partial charge on any atom is -0.480 e. The highest BCUT2D eigenvalue weighted by Gasteiger charge is 2.30. The van der Waals surface area contributed by atoms with E-state index in [2.05, 4.69) is 5.32 Å². The average Bonchev–Trinajstić information content (AvgIpc) is 2.60. The molecular formula is C21H22F3NO5. The van der Waals surface area contributed by atoms with Gasteiger partial charge in [0, 0.05) is 6.42 Å². The third-order valence-corrected chi connectivity index (χ3v) is 3.75. The first kappa shape index (κ1) is 23.1. The van der Waals surface area contributed by atoms with Gasteiger partial charge >= 0.3 is 18.2 Å². The van der Waals surface area contributed by atoms with Crippen LogP contribution in [0.4, 0.5) is 18.0 Å². The summed E-state index contributed by atoms with van der Waals surface area (Å²) < 4.78 is 48.9. The Bertz CT molecular complexity index is 889. The number of ether oxygens (including phenoxy) is 2. The molecule has 0 aliphatic heterocycles. The summed E-state index contributed by atoms with van der Waals surface area (Å²) >= 11 is 0. The van der Waals surface area contributed by atoms with Gasteiger partial charge in [0.25, 0.3) is 0 Å². The monoisotopic (exact) mass is 425 g/mol. The van der Waals surface area contributed by atoms with Crippen LogP contribution in [-0.4, -0.2) is 28.8 Å². The number of hydrogen-bond donors (Lipinski definition) is 2. The lowest BCUT2D eigenvalue weighted by atomic mass is 10.1. The van der Waals surface area contributed by atoms with Crippen LogP contribution in [0.25, 0.3) is 0 Å². The second kappa shape index (κ2) is 9.06. The fourth-order valence-corrected chi connectivity index (χ4v) is 2.45. The Labute approximate surface area is 171 Å². The minimum absolute atomic E-state index is 0.0155.